The molecule has 0 aliphatic carbocycles. The molecule has 1 aliphatic rings. The molecule has 0 spiro atoms. The van der Waals surface area contributed by atoms with Crippen LogP contribution in [-0.2, 0) is 9.09 Å². The Labute approximate surface area is 47.8 Å². The maximum Gasteiger partial charge on any atom is 0.615 e. The summed E-state index contributed by atoms with van der Waals surface area (Å²) in [7, 11) is -1.78. The molecule has 0 radical (unpaired) electrons. The van der Waals surface area contributed by atoms with Gasteiger partial charge >= 0.3 is 8.18 Å². The monoisotopic (exact) mass is 136 g/mol. The second kappa shape index (κ2) is 2.51. The van der Waals surface area contributed by atoms with Gasteiger partial charge in [0.15, 0.2) is 6.23 Å². The van der Waals surface area contributed by atoms with Crippen molar-refractivity contribution in [3.05, 3.63) is 0 Å². The van der Waals surface area contributed by atoms with Crippen molar-refractivity contribution in [1.29, 1.82) is 0 Å². The Morgan fingerprint density at radius 2 is 2.62 bits per heavy atom. The van der Waals surface area contributed by atoms with Gasteiger partial charge in [-0.05, 0) is 4.57 Å². The molecule has 0 bridgehead atoms. The van der Waals surface area contributed by atoms with Crippen LogP contribution < -0.4 is 5.09 Å². The third kappa shape index (κ3) is 1.49. The number of hydrogen-bond donors (Lipinski definition) is 2. The fourth-order valence-corrected chi connectivity index (χ4v) is 1.19. The highest BCUT2D eigenvalue weighted by atomic mass is 31.1. The Balaban J connectivity index is 2.34. The Morgan fingerprint density at radius 1 is 1.88 bits per heavy atom. The van der Waals surface area contributed by atoms with E-state index in [1.165, 1.54) is 0 Å². The predicted molar refractivity (Wildman–Crippen MR) is 27.3 cm³/mol. The molecule has 2 atom stereocenters. The van der Waals surface area contributed by atoms with E-state index >= 15 is 0 Å². The van der Waals surface area contributed by atoms with Crippen molar-refractivity contribution in [2.75, 3.05) is 6.61 Å². The molecule has 4 nitrogen and oxygen atoms in total. The normalized spacial score (nSPS) is 35.1. The predicted octanol–water partition coefficient (Wildman–Crippen LogP) is -0.0279. The first kappa shape index (κ1) is 6.11. The van der Waals surface area contributed by atoms with Crippen LogP contribution in [-0.4, -0.2) is 17.9 Å². The molecule has 1 saturated heterocycles. The van der Waals surface area contributed by atoms with Crippen LogP contribution >= 0.6 is 8.18 Å². The van der Waals surface area contributed by atoms with E-state index in [2.05, 4.69) is 9.61 Å². The third-order valence-corrected chi connectivity index (χ3v) is 1.78. The largest absolute Gasteiger partial charge is 0.615 e. The average Bonchev–Trinajstić information content (AvgIpc) is 1.64. The van der Waals surface area contributed by atoms with Crippen LogP contribution in [0.5, 0.6) is 0 Å². The van der Waals surface area contributed by atoms with Crippen LogP contribution in [0.4, 0.5) is 0 Å². The lowest BCUT2D eigenvalue weighted by atomic mass is 10.4. The molecular formula is C3H7NO3P+. The molecule has 1 fully saturated rings. The molecule has 2 N–H and O–H groups in total. The first-order valence-electron chi connectivity index (χ1n) is 2.33. The van der Waals surface area contributed by atoms with Crippen molar-refractivity contribution in [2.45, 2.75) is 12.6 Å². The van der Waals surface area contributed by atoms with Crippen molar-refractivity contribution in [3.8, 4) is 0 Å². The average molecular weight is 136 g/mol. The van der Waals surface area contributed by atoms with Gasteiger partial charge in [-0.1, -0.05) is 5.09 Å². The number of hydrogen-bond acceptors (Lipinski definition) is 3. The molecule has 5 heteroatoms. The smallest absolute Gasteiger partial charge is 0.375 e. The van der Waals surface area contributed by atoms with E-state index < -0.39 is 14.4 Å². The summed E-state index contributed by atoms with van der Waals surface area (Å²) in [5.74, 6) is 0. The molecule has 0 saturated carbocycles. The van der Waals surface area contributed by atoms with Crippen molar-refractivity contribution in [2.24, 2.45) is 0 Å². The third-order valence-electron chi connectivity index (χ3n) is 0.854. The molecule has 8 heavy (non-hydrogen) atoms. The van der Waals surface area contributed by atoms with Gasteiger partial charge in [0.05, 0.1) is 0 Å². The molecular weight excluding hydrogens is 129 g/mol. The highest BCUT2D eigenvalue weighted by Gasteiger charge is 2.28. The van der Waals surface area contributed by atoms with Crippen molar-refractivity contribution >= 4 is 8.18 Å². The summed E-state index contributed by atoms with van der Waals surface area (Å²) < 4.78 is 14.9. The van der Waals surface area contributed by atoms with Gasteiger partial charge in [-0.2, -0.15) is 0 Å². The SMILES string of the molecule is O=[P+]1NC(O)CCO1. The van der Waals surface area contributed by atoms with Gasteiger partial charge in [-0.3, -0.25) is 0 Å². The standard InChI is InChI=1S/C3H7NO3P/c5-3-1-2-7-8(6)4-3/h3,5H,1-2H2,(H,4,6)/q+1. The van der Waals surface area contributed by atoms with E-state index in [9.17, 15) is 4.57 Å². The van der Waals surface area contributed by atoms with E-state index in [0.717, 1.165) is 0 Å². The van der Waals surface area contributed by atoms with Crippen LogP contribution in [0.15, 0.2) is 0 Å². The summed E-state index contributed by atoms with van der Waals surface area (Å²) in [6.07, 6.45) is -0.131. The van der Waals surface area contributed by atoms with Crippen LogP contribution in [0, 0.1) is 0 Å². The summed E-state index contributed by atoms with van der Waals surface area (Å²) in [5, 5.41) is 11.0. The highest BCUT2D eigenvalue weighted by molar-refractivity contribution is 7.36. The van der Waals surface area contributed by atoms with E-state index in [4.69, 9.17) is 5.11 Å². The van der Waals surface area contributed by atoms with Crippen molar-refractivity contribution in [1.82, 2.24) is 5.09 Å². The number of aliphatic hydroxyl groups is 1. The fourth-order valence-electron chi connectivity index (χ4n) is 0.471. The Bertz CT molecular complexity index is 107. The molecule has 0 aromatic rings. The lowest BCUT2D eigenvalue weighted by Crippen LogP contribution is -2.28. The van der Waals surface area contributed by atoms with Gasteiger partial charge < -0.3 is 5.11 Å². The summed E-state index contributed by atoms with van der Waals surface area (Å²) in [5.41, 5.74) is 0. The molecule has 1 heterocycles. The van der Waals surface area contributed by atoms with Gasteiger partial charge in [0.25, 0.3) is 0 Å². The van der Waals surface area contributed by atoms with Crippen LogP contribution in [0.25, 0.3) is 0 Å². The highest BCUT2D eigenvalue weighted by Crippen LogP contribution is 2.22. The summed E-state index contributed by atoms with van der Waals surface area (Å²) >= 11 is 0. The van der Waals surface area contributed by atoms with Gasteiger partial charge in [-0.15, -0.1) is 4.52 Å². The number of aliphatic hydroxyl groups excluding tert-OH is 1. The Kier molecular flexibility index (Phi) is 1.91. The number of nitrogens with one attached hydrogen (secondary N) is 1. The topological polar surface area (TPSA) is 58.6 Å². The van der Waals surface area contributed by atoms with Crippen LogP contribution in [0.1, 0.15) is 6.42 Å². The molecule has 46 valence electrons. The summed E-state index contributed by atoms with van der Waals surface area (Å²) in [6, 6.07) is 0. The zero-order valence-corrected chi connectivity index (χ0v) is 5.10. The maximum atomic E-state index is 10.3. The molecule has 1 rings (SSSR count). The zero-order chi connectivity index (χ0) is 5.98. The van der Waals surface area contributed by atoms with Crippen molar-refractivity contribution < 1.29 is 14.2 Å². The Hall–Kier alpha value is -0.0200. The van der Waals surface area contributed by atoms with Gasteiger partial charge in [0.1, 0.15) is 6.61 Å². The first-order chi connectivity index (χ1) is 3.79. The molecule has 2 unspecified atom stereocenters. The molecule has 1 aliphatic heterocycles. The van der Waals surface area contributed by atoms with Crippen molar-refractivity contribution in [3.63, 3.8) is 0 Å². The van der Waals surface area contributed by atoms with Gasteiger partial charge in [0, 0.05) is 6.42 Å². The summed E-state index contributed by atoms with van der Waals surface area (Å²) in [4.78, 5) is 0. The van der Waals surface area contributed by atoms with Gasteiger partial charge in [-0.25, -0.2) is 0 Å². The maximum absolute atomic E-state index is 10.3. The summed E-state index contributed by atoms with van der Waals surface area (Å²) in [6.45, 7) is 0.378. The second-order valence-electron chi connectivity index (χ2n) is 1.52. The van der Waals surface area contributed by atoms with E-state index in [1.54, 1.807) is 0 Å². The van der Waals surface area contributed by atoms with E-state index in [0.29, 0.717) is 13.0 Å². The molecule has 0 amide bonds. The zero-order valence-electron chi connectivity index (χ0n) is 4.20. The lowest BCUT2D eigenvalue weighted by molar-refractivity contribution is 0.106. The Morgan fingerprint density at radius 3 is 3.00 bits per heavy atom. The van der Waals surface area contributed by atoms with E-state index in [-0.39, 0.29) is 0 Å². The fraction of sp³-hybridized carbons (Fsp3) is 1.00. The lowest BCUT2D eigenvalue weighted by Gasteiger charge is -2.06. The van der Waals surface area contributed by atoms with Gasteiger partial charge in [0.2, 0.25) is 0 Å². The second-order valence-corrected chi connectivity index (χ2v) is 2.55. The quantitative estimate of drug-likeness (QED) is 0.459. The molecule has 0 aromatic heterocycles. The van der Waals surface area contributed by atoms with Crippen LogP contribution in [0.2, 0.25) is 0 Å². The minimum Gasteiger partial charge on any atom is -0.375 e. The minimum absolute atomic E-state index is 0.378. The molecule has 0 aromatic carbocycles. The first-order valence-corrected chi connectivity index (χ1v) is 3.51. The van der Waals surface area contributed by atoms with Crippen LogP contribution in [0.3, 0.4) is 0 Å². The van der Waals surface area contributed by atoms with E-state index in [1.807, 2.05) is 0 Å². The minimum atomic E-state index is -1.78. The number of rotatable bonds is 0.